The van der Waals surface area contributed by atoms with E-state index >= 15 is 0 Å². The lowest BCUT2D eigenvalue weighted by Gasteiger charge is -2.26. The molecule has 390 valence electrons. The van der Waals surface area contributed by atoms with Crippen molar-refractivity contribution in [1.82, 2.24) is 19.9 Å². The first kappa shape index (κ1) is 51.5. The van der Waals surface area contributed by atoms with Crippen LogP contribution in [0.4, 0.5) is 0 Å². The Morgan fingerprint density at radius 1 is 0.372 bits per heavy atom. The number of fused-ring (bicyclic) bond motifs is 10. The first-order valence-corrected chi connectivity index (χ1v) is 26.8. The van der Waals surface area contributed by atoms with Gasteiger partial charge >= 0.3 is 11.9 Å². The number of carbonyl (C=O) groups is 2. The summed E-state index contributed by atoms with van der Waals surface area (Å²) in [6, 6.07) is 44.7. The van der Waals surface area contributed by atoms with Crippen LogP contribution in [0.3, 0.4) is 0 Å². The third-order valence-electron chi connectivity index (χ3n) is 15.5. The highest BCUT2D eigenvalue weighted by Crippen LogP contribution is 2.45. The van der Waals surface area contributed by atoms with Gasteiger partial charge in [-0.25, -0.2) is 19.6 Å². The summed E-state index contributed by atoms with van der Waals surface area (Å²) in [6.07, 6.45) is 8.23. The van der Waals surface area contributed by atoms with E-state index in [9.17, 15) is 19.8 Å². The quantitative estimate of drug-likeness (QED) is 0.131. The average molecular weight is 1030 g/mol. The Balaban J connectivity index is 1.39. The van der Waals surface area contributed by atoms with Crippen molar-refractivity contribution in [2.75, 3.05) is 0 Å². The van der Waals surface area contributed by atoms with Crippen molar-refractivity contribution < 1.29 is 19.8 Å². The van der Waals surface area contributed by atoms with Crippen molar-refractivity contribution in [3.05, 3.63) is 190 Å². The minimum absolute atomic E-state index is 0.175. The lowest BCUT2D eigenvalue weighted by Crippen LogP contribution is -2.16. The van der Waals surface area contributed by atoms with Gasteiger partial charge in [-0.3, -0.25) is 0 Å². The molecule has 6 aromatic carbocycles. The molecule has 2 aliphatic rings. The number of nitrogens with one attached hydrogen (secondary N) is 2. The number of rotatable bonds is 6. The van der Waals surface area contributed by atoms with Gasteiger partial charge in [-0.05, 0) is 138 Å². The molecule has 8 bridgehead atoms. The summed E-state index contributed by atoms with van der Waals surface area (Å²) in [4.78, 5) is 45.5. The second-order valence-electron chi connectivity index (χ2n) is 25.1. The van der Waals surface area contributed by atoms with Crippen molar-refractivity contribution in [2.45, 2.75) is 105 Å². The maximum absolute atomic E-state index is 13.2. The summed E-state index contributed by atoms with van der Waals surface area (Å²) in [5.74, 6) is -2.07. The molecule has 0 spiro atoms. The van der Waals surface area contributed by atoms with E-state index < -0.39 is 11.9 Å². The van der Waals surface area contributed by atoms with Crippen molar-refractivity contribution in [3.63, 3.8) is 0 Å². The third kappa shape index (κ3) is 9.23. The van der Waals surface area contributed by atoms with Gasteiger partial charge in [0.2, 0.25) is 0 Å². The SMILES string of the molecule is CC(C)(C)c1cc(-c2c3nc(c(-c4cc(C(C)(C)C)cc(C(C)(C)C)c4)c4ccc([nH]4)c(-c4cccc5cccc(C(=O)O)c45)c4nc(c(-c5cccc6cccc(C(=O)O)c56)c5ccc2[nH]5)C=C4)C=C3)cc(C(C)(C)C)c1. The summed E-state index contributed by atoms with van der Waals surface area (Å²) in [5, 5.41) is 24.3. The van der Waals surface area contributed by atoms with Gasteiger partial charge in [-0.1, -0.05) is 180 Å². The van der Waals surface area contributed by atoms with Gasteiger partial charge < -0.3 is 20.2 Å². The smallest absolute Gasteiger partial charge is 0.336 e. The molecule has 0 saturated heterocycles. The summed E-state index contributed by atoms with van der Waals surface area (Å²) in [5.41, 5.74) is 17.0. The molecule has 0 radical (unpaired) electrons. The number of carboxylic acid groups (broad SMARTS) is 2. The van der Waals surface area contributed by atoms with Crippen LogP contribution < -0.4 is 0 Å². The number of H-pyrrole nitrogens is 2. The van der Waals surface area contributed by atoms with Crippen LogP contribution in [0.2, 0.25) is 0 Å². The Morgan fingerprint density at radius 2 is 0.654 bits per heavy atom. The Bertz CT molecular complexity index is 3910. The van der Waals surface area contributed by atoms with Crippen LogP contribution in [0.25, 0.3) is 112 Å². The van der Waals surface area contributed by atoms with Crippen molar-refractivity contribution in [3.8, 4) is 44.5 Å². The molecule has 78 heavy (non-hydrogen) atoms. The Hall–Kier alpha value is -8.62. The second kappa shape index (κ2) is 18.5. The first-order valence-electron chi connectivity index (χ1n) is 26.8. The maximum atomic E-state index is 13.2. The molecular formula is C70H66N4O4. The maximum Gasteiger partial charge on any atom is 0.336 e. The van der Waals surface area contributed by atoms with Crippen LogP contribution in [0.1, 0.15) is 149 Å². The van der Waals surface area contributed by atoms with Gasteiger partial charge in [-0.15, -0.1) is 0 Å². The zero-order valence-corrected chi connectivity index (χ0v) is 46.6. The fourth-order valence-corrected chi connectivity index (χ4v) is 11.1. The molecule has 8 nitrogen and oxygen atoms in total. The minimum atomic E-state index is -1.04. The highest BCUT2D eigenvalue weighted by Gasteiger charge is 2.28. The normalized spacial score (nSPS) is 13.0. The van der Waals surface area contributed by atoms with E-state index in [1.54, 1.807) is 24.3 Å². The minimum Gasteiger partial charge on any atom is -0.478 e. The molecule has 0 saturated carbocycles. The van der Waals surface area contributed by atoms with Gasteiger partial charge in [0.05, 0.1) is 33.9 Å². The van der Waals surface area contributed by atoms with Gasteiger partial charge in [0.25, 0.3) is 0 Å². The molecule has 8 heteroatoms. The molecule has 0 unspecified atom stereocenters. The van der Waals surface area contributed by atoms with Gasteiger partial charge in [0.15, 0.2) is 0 Å². The van der Waals surface area contributed by atoms with Crippen LogP contribution in [0.15, 0.2) is 133 Å². The zero-order chi connectivity index (χ0) is 55.4. The molecule has 9 aromatic rings. The molecule has 0 amide bonds. The molecule has 4 N–H and O–H groups in total. The predicted molar refractivity (Wildman–Crippen MR) is 324 cm³/mol. The van der Waals surface area contributed by atoms with E-state index in [0.717, 1.165) is 66.5 Å². The second-order valence-corrected chi connectivity index (χ2v) is 25.1. The van der Waals surface area contributed by atoms with E-state index in [1.165, 1.54) is 22.3 Å². The summed E-state index contributed by atoms with van der Waals surface area (Å²) in [7, 11) is 0. The molecule has 5 heterocycles. The van der Waals surface area contributed by atoms with Crippen LogP contribution >= 0.6 is 0 Å². The zero-order valence-electron chi connectivity index (χ0n) is 46.6. The molecule has 3 aromatic heterocycles. The number of benzene rings is 6. The number of aromatic carboxylic acids is 2. The summed E-state index contributed by atoms with van der Waals surface area (Å²) < 4.78 is 0. The van der Waals surface area contributed by atoms with E-state index in [0.29, 0.717) is 44.4 Å². The van der Waals surface area contributed by atoms with Crippen LogP contribution in [-0.2, 0) is 21.7 Å². The Kier molecular flexibility index (Phi) is 12.2. The number of hydrogen-bond acceptors (Lipinski definition) is 4. The van der Waals surface area contributed by atoms with E-state index in [4.69, 9.17) is 9.97 Å². The Labute approximate surface area is 456 Å². The van der Waals surface area contributed by atoms with Gasteiger partial charge in [-0.2, -0.15) is 0 Å². The number of aromatic amines is 2. The van der Waals surface area contributed by atoms with E-state index in [-0.39, 0.29) is 32.8 Å². The first-order chi connectivity index (χ1) is 36.8. The predicted octanol–water partition coefficient (Wildman–Crippen LogP) is 18.2. The van der Waals surface area contributed by atoms with Crippen molar-refractivity contribution in [1.29, 1.82) is 0 Å². The molecule has 11 rings (SSSR count). The lowest BCUT2D eigenvalue weighted by molar-refractivity contribution is 0.0688. The molecule has 0 atom stereocenters. The number of carboxylic acids is 2. The highest BCUT2D eigenvalue weighted by atomic mass is 16.4. The summed E-state index contributed by atoms with van der Waals surface area (Å²) >= 11 is 0. The molecular weight excluding hydrogens is 961 g/mol. The van der Waals surface area contributed by atoms with Gasteiger partial charge in [0, 0.05) is 55.1 Å². The van der Waals surface area contributed by atoms with Crippen LogP contribution in [0.5, 0.6) is 0 Å². The number of nitrogens with zero attached hydrogens (tertiary/aromatic N) is 2. The fraction of sp³-hybridized carbons (Fsp3) is 0.229. The van der Waals surface area contributed by atoms with Gasteiger partial charge in [0.1, 0.15) is 0 Å². The number of aromatic nitrogens is 4. The highest BCUT2D eigenvalue weighted by molar-refractivity contribution is 6.15. The third-order valence-corrected chi connectivity index (χ3v) is 15.5. The van der Waals surface area contributed by atoms with E-state index in [2.05, 4.69) is 166 Å². The summed E-state index contributed by atoms with van der Waals surface area (Å²) in [6.45, 7) is 27.0. The van der Waals surface area contributed by atoms with Crippen molar-refractivity contribution >= 4 is 79.9 Å². The van der Waals surface area contributed by atoms with E-state index in [1.807, 2.05) is 60.7 Å². The average Bonchev–Trinajstić information content (AvgIpc) is 4.28. The van der Waals surface area contributed by atoms with Crippen LogP contribution in [-0.4, -0.2) is 42.1 Å². The monoisotopic (exact) mass is 1030 g/mol. The standard InChI is InChI=1S/C70H66N4O4/c1-67(2,3)43-33-41(34-44(37-43)68(4,5)6)61-51-25-26-52(71-51)62(42-35-45(69(7,8)9)38-46(36-42)70(10,11)12)54-28-30-56(73-54)64(48-22-14-18-40-20-16-24-50(60(40)48)66(77)78)58-32-31-57(74-58)63(55-29-27-53(61)72-55)47-21-13-17-39-19-15-23-49(59(39)47)65(75)76/h13-38,72-73H,1-12H3,(H,75,76)(H,77,78). The van der Waals surface area contributed by atoms with Crippen LogP contribution in [0, 0.1) is 0 Å². The van der Waals surface area contributed by atoms with Crippen molar-refractivity contribution in [2.24, 2.45) is 0 Å². The Morgan fingerprint density at radius 3 is 0.949 bits per heavy atom. The molecule has 0 aliphatic carbocycles. The number of hydrogen-bond donors (Lipinski definition) is 4. The topological polar surface area (TPSA) is 132 Å². The largest absolute Gasteiger partial charge is 0.478 e. The lowest BCUT2D eigenvalue weighted by atomic mass is 9.78. The molecule has 2 aliphatic heterocycles. The fourth-order valence-electron chi connectivity index (χ4n) is 11.1. The molecule has 0 fully saturated rings.